The lowest BCUT2D eigenvalue weighted by Crippen LogP contribution is -2.15. The molecule has 3 aromatic carbocycles. The number of carbonyl (C=O) groups excluding carboxylic acids is 1. The molecule has 0 saturated heterocycles. The average molecular weight is 486 g/mol. The Morgan fingerprint density at radius 3 is 2.55 bits per heavy atom. The van der Waals surface area contributed by atoms with Gasteiger partial charge in [0, 0.05) is 17.2 Å². The molecule has 0 bridgehead atoms. The number of aromatic nitrogens is 1. The van der Waals surface area contributed by atoms with Gasteiger partial charge in [0.1, 0.15) is 11.3 Å². The van der Waals surface area contributed by atoms with Gasteiger partial charge in [0.05, 0.1) is 15.6 Å². The van der Waals surface area contributed by atoms with Crippen LogP contribution in [0, 0.1) is 5.82 Å². The summed E-state index contributed by atoms with van der Waals surface area (Å²) in [5.74, 6) is 0.0725. The highest BCUT2D eigenvalue weighted by atomic mass is 35.5. The number of fused-ring (bicyclic) bond motifs is 1. The van der Waals surface area contributed by atoms with E-state index in [4.69, 9.17) is 16.0 Å². The fourth-order valence-electron chi connectivity index (χ4n) is 3.29. The van der Waals surface area contributed by atoms with Crippen LogP contribution >= 0.6 is 11.6 Å². The summed E-state index contributed by atoms with van der Waals surface area (Å²) in [6, 6.07) is 13.8. The van der Waals surface area contributed by atoms with Crippen LogP contribution in [0.5, 0.6) is 0 Å². The molecule has 7 nitrogen and oxygen atoms in total. The first-order chi connectivity index (χ1) is 15.8. The molecule has 1 fully saturated rings. The molecule has 5 rings (SSSR count). The Kier molecular flexibility index (Phi) is 5.30. The highest BCUT2D eigenvalue weighted by Crippen LogP contribution is 2.40. The van der Waals surface area contributed by atoms with E-state index < -0.39 is 21.7 Å². The number of halogens is 2. The monoisotopic (exact) mass is 485 g/mol. The lowest BCUT2D eigenvalue weighted by atomic mass is 10.2. The van der Waals surface area contributed by atoms with E-state index in [-0.39, 0.29) is 21.2 Å². The van der Waals surface area contributed by atoms with Crippen LogP contribution in [0.15, 0.2) is 70.0 Å². The first-order valence-corrected chi connectivity index (χ1v) is 11.9. The molecule has 168 valence electrons. The number of carbonyl (C=O) groups is 1. The standard InChI is InChI=1S/C23H17ClFN3O4S/c24-18-9-3-14(11-19(18)28-33(30,31)17-7-4-15(25)5-8-17)22(29)26-16-6-10-21-20(12-16)27-23(32-21)13-1-2-13/h3-13,28H,1-2H2,(H,26,29). The van der Waals surface area contributed by atoms with Crippen molar-refractivity contribution in [1.82, 2.24) is 4.98 Å². The van der Waals surface area contributed by atoms with Crippen molar-refractivity contribution >= 4 is 50.0 Å². The molecular formula is C23H17ClFN3O4S. The van der Waals surface area contributed by atoms with Gasteiger partial charge in [0.15, 0.2) is 11.5 Å². The molecular weight excluding hydrogens is 469 g/mol. The number of rotatable bonds is 6. The number of benzene rings is 3. The summed E-state index contributed by atoms with van der Waals surface area (Å²) in [6.45, 7) is 0. The summed E-state index contributed by atoms with van der Waals surface area (Å²) >= 11 is 6.14. The van der Waals surface area contributed by atoms with Crippen LogP contribution in [-0.4, -0.2) is 19.3 Å². The smallest absolute Gasteiger partial charge is 0.261 e. The summed E-state index contributed by atoms with van der Waals surface area (Å²) in [5.41, 5.74) is 2.04. The van der Waals surface area contributed by atoms with Crippen molar-refractivity contribution in [3.05, 3.63) is 83.0 Å². The Labute approximate surface area is 193 Å². The predicted molar refractivity (Wildman–Crippen MR) is 123 cm³/mol. The van der Waals surface area contributed by atoms with Gasteiger partial charge in [-0.3, -0.25) is 9.52 Å². The van der Waals surface area contributed by atoms with Crippen LogP contribution in [0.1, 0.15) is 35.0 Å². The molecule has 0 unspecified atom stereocenters. The molecule has 1 amide bonds. The molecule has 1 aliphatic carbocycles. The van der Waals surface area contributed by atoms with E-state index in [2.05, 4.69) is 15.0 Å². The zero-order valence-electron chi connectivity index (χ0n) is 17.0. The minimum Gasteiger partial charge on any atom is -0.440 e. The number of hydrogen-bond donors (Lipinski definition) is 2. The number of hydrogen-bond acceptors (Lipinski definition) is 5. The van der Waals surface area contributed by atoms with E-state index in [0.717, 1.165) is 37.1 Å². The van der Waals surface area contributed by atoms with Gasteiger partial charge in [-0.25, -0.2) is 17.8 Å². The molecule has 1 aromatic heterocycles. The Bertz CT molecular complexity index is 1480. The lowest BCUT2D eigenvalue weighted by Gasteiger charge is -2.12. The van der Waals surface area contributed by atoms with Crippen molar-refractivity contribution < 1.29 is 22.0 Å². The number of oxazole rings is 1. The van der Waals surface area contributed by atoms with Crippen LogP contribution in [0.25, 0.3) is 11.1 Å². The number of nitrogens with zero attached hydrogens (tertiary/aromatic N) is 1. The van der Waals surface area contributed by atoms with Crippen LogP contribution in [0.2, 0.25) is 5.02 Å². The van der Waals surface area contributed by atoms with Crippen molar-refractivity contribution in [2.75, 3.05) is 10.0 Å². The summed E-state index contributed by atoms with van der Waals surface area (Å²) in [6.07, 6.45) is 2.14. The van der Waals surface area contributed by atoms with Crippen molar-refractivity contribution in [2.24, 2.45) is 0 Å². The highest BCUT2D eigenvalue weighted by Gasteiger charge is 2.29. The van der Waals surface area contributed by atoms with Crippen molar-refractivity contribution in [3.8, 4) is 0 Å². The SMILES string of the molecule is O=C(Nc1ccc2oc(C3CC3)nc2c1)c1ccc(Cl)c(NS(=O)(=O)c2ccc(F)cc2)c1. The quantitative estimate of drug-likeness (QED) is 0.373. The first-order valence-electron chi connectivity index (χ1n) is 10.1. The summed E-state index contributed by atoms with van der Waals surface area (Å²) in [4.78, 5) is 17.1. The third kappa shape index (κ3) is 4.55. The van der Waals surface area contributed by atoms with E-state index in [1.54, 1.807) is 18.2 Å². The van der Waals surface area contributed by atoms with Crippen LogP contribution in [0.3, 0.4) is 0 Å². The second kappa shape index (κ2) is 8.17. The number of nitrogens with one attached hydrogen (secondary N) is 2. The van der Waals surface area contributed by atoms with Gasteiger partial charge in [-0.2, -0.15) is 0 Å². The minimum atomic E-state index is -4.03. The largest absolute Gasteiger partial charge is 0.440 e. The van der Waals surface area contributed by atoms with E-state index in [1.807, 2.05) is 0 Å². The highest BCUT2D eigenvalue weighted by molar-refractivity contribution is 7.92. The zero-order chi connectivity index (χ0) is 23.2. The second-order valence-corrected chi connectivity index (χ2v) is 9.81. The Morgan fingerprint density at radius 1 is 1.06 bits per heavy atom. The molecule has 1 heterocycles. The van der Waals surface area contributed by atoms with Gasteiger partial charge < -0.3 is 9.73 Å². The van der Waals surface area contributed by atoms with Crippen molar-refractivity contribution in [1.29, 1.82) is 0 Å². The van der Waals surface area contributed by atoms with E-state index in [0.29, 0.717) is 28.6 Å². The third-order valence-corrected chi connectivity index (χ3v) is 6.90. The molecule has 0 radical (unpaired) electrons. The molecule has 10 heteroatoms. The van der Waals surface area contributed by atoms with Crippen LogP contribution in [-0.2, 0) is 10.0 Å². The molecule has 0 spiro atoms. The predicted octanol–water partition coefficient (Wildman–Crippen LogP) is 5.55. The molecule has 2 N–H and O–H groups in total. The number of sulfonamides is 1. The number of amides is 1. The second-order valence-electron chi connectivity index (χ2n) is 7.72. The van der Waals surface area contributed by atoms with Crippen LogP contribution < -0.4 is 10.0 Å². The van der Waals surface area contributed by atoms with Gasteiger partial charge >= 0.3 is 0 Å². The van der Waals surface area contributed by atoms with Gasteiger partial charge in [-0.15, -0.1) is 0 Å². The Morgan fingerprint density at radius 2 is 1.82 bits per heavy atom. The maximum atomic E-state index is 13.1. The van der Waals surface area contributed by atoms with Crippen LogP contribution in [0.4, 0.5) is 15.8 Å². The molecule has 0 aliphatic heterocycles. The van der Waals surface area contributed by atoms with Crippen molar-refractivity contribution in [2.45, 2.75) is 23.7 Å². The van der Waals surface area contributed by atoms with Gasteiger partial charge in [-0.05, 0) is 73.5 Å². The fourth-order valence-corrected chi connectivity index (χ4v) is 4.58. The zero-order valence-corrected chi connectivity index (χ0v) is 18.6. The third-order valence-electron chi connectivity index (χ3n) is 5.19. The topological polar surface area (TPSA) is 101 Å². The summed E-state index contributed by atoms with van der Waals surface area (Å²) in [7, 11) is -4.03. The van der Waals surface area contributed by atoms with E-state index in [1.165, 1.54) is 18.2 Å². The normalized spacial score (nSPS) is 13.8. The first kappa shape index (κ1) is 21.4. The molecule has 4 aromatic rings. The van der Waals surface area contributed by atoms with Gasteiger partial charge in [-0.1, -0.05) is 11.6 Å². The maximum Gasteiger partial charge on any atom is 0.261 e. The van der Waals surface area contributed by atoms with E-state index in [9.17, 15) is 17.6 Å². The lowest BCUT2D eigenvalue weighted by molar-refractivity contribution is 0.102. The Hall–Kier alpha value is -3.43. The van der Waals surface area contributed by atoms with E-state index >= 15 is 0 Å². The van der Waals surface area contributed by atoms with Crippen molar-refractivity contribution in [3.63, 3.8) is 0 Å². The van der Waals surface area contributed by atoms with Gasteiger partial charge in [0.25, 0.3) is 15.9 Å². The minimum absolute atomic E-state index is 0.0228. The fraction of sp³-hybridized carbons (Fsp3) is 0.130. The Balaban J connectivity index is 1.36. The summed E-state index contributed by atoms with van der Waals surface area (Å²) in [5, 5.41) is 2.87. The maximum absolute atomic E-state index is 13.1. The average Bonchev–Trinajstić information content (AvgIpc) is 3.54. The number of anilines is 2. The molecule has 0 atom stereocenters. The molecule has 1 aliphatic rings. The van der Waals surface area contributed by atoms with Gasteiger partial charge in [0.2, 0.25) is 0 Å². The molecule has 33 heavy (non-hydrogen) atoms. The molecule has 1 saturated carbocycles. The summed E-state index contributed by atoms with van der Waals surface area (Å²) < 4.78 is 46.4.